The van der Waals surface area contributed by atoms with Crippen LogP contribution in [0.2, 0.25) is 0 Å². The molecule has 3 rings (SSSR count). The van der Waals surface area contributed by atoms with Crippen molar-refractivity contribution in [1.82, 2.24) is 0 Å². The molecule has 1 amide bonds. The van der Waals surface area contributed by atoms with Gasteiger partial charge in [-0.2, -0.15) is 5.26 Å². The fraction of sp³-hybridized carbons (Fsp3) is 0.158. The minimum atomic E-state index is -0.582. The number of amides is 1. The minimum Gasteiger partial charge on any atom is -0.490 e. The summed E-state index contributed by atoms with van der Waals surface area (Å²) in [6, 6.07) is 12.5. The molecule has 6 heteroatoms. The van der Waals surface area contributed by atoms with Crippen LogP contribution in [0.15, 0.2) is 48.0 Å². The summed E-state index contributed by atoms with van der Waals surface area (Å²) >= 11 is 0. The van der Waals surface area contributed by atoms with Gasteiger partial charge in [-0.05, 0) is 36.4 Å². The number of nitrogens with one attached hydrogen (secondary N) is 1. The highest BCUT2D eigenvalue weighted by atomic mass is 19.1. The van der Waals surface area contributed by atoms with Crippen molar-refractivity contribution in [3.05, 3.63) is 59.4 Å². The summed E-state index contributed by atoms with van der Waals surface area (Å²) in [6.45, 7) is 1.05. The van der Waals surface area contributed by atoms with Crippen molar-refractivity contribution >= 4 is 17.7 Å². The predicted octanol–water partition coefficient (Wildman–Crippen LogP) is 3.53. The molecule has 0 atom stereocenters. The van der Waals surface area contributed by atoms with Gasteiger partial charge in [0, 0.05) is 17.7 Å². The van der Waals surface area contributed by atoms with Gasteiger partial charge < -0.3 is 14.8 Å². The number of halogens is 1. The molecule has 0 radical (unpaired) electrons. The molecule has 0 fully saturated rings. The van der Waals surface area contributed by atoms with Gasteiger partial charge in [-0.15, -0.1) is 0 Å². The Hall–Kier alpha value is -3.33. The Bertz CT molecular complexity index is 854. The standard InChI is InChI=1S/C19H15FN2O3/c20-15-5-7-16(8-6-15)22-19(23)14(12-21)11-13-3-1-4-17-18(13)25-10-2-9-24-17/h1,3-8,11H,2,9-10H2,(H,22,23)/b14-11-. The lowest BCUT2D eigenvalue weighted by atomic mass is 10.1. The van der Waals surface area contributed by atoms with Gasteiger partial charge in [0.2, 0.25) is 0 Å². The summed E-state index contributed by atoms with van der Waals surface area (Å²) in [5, 5.41) is 11.9. The summed E-state index contributed by atoms with van der Waals surface area (Å²) in [5.41, 5.74) is 0.898. The molecular weight excluding hydrogens is 323 g/mol. The number of fused-ring (bicyclic) bond motifs is 1. The zero-order valence-corrected chi connectivity index (χ0v) is 13.3. The normalized spacial score (nSPS) is 13.5. The Labute approximate surface area is 144 Å². The number of nitriles is 1. The highest BCUT2D eigenvalue weighted by molar-refractivity contribution is 6.09. The molecule has 1 N–H and O–H groups in total. The molecule has 0 aromatic heterocycles. The molecule has 0 unspecified atom stereocenters. The van der Waals surface area contributed by atoms with Crippen molar-refractivity contribution in [1.29, 1.82) is 5.26 Å². The first-order valence-electron chi connectivity index (χ1n) is 7.75. The fourth-order valence-corrected chi connectivity index (χ4v) is 2.37. The van der Waals surface area contributed by atoms with Crippen molar-refractivity contribution in [3.63, 3.8) is 0 Å². The number of benzene rings is 2. The average molecular weight is 338 g/mol. The van der Waals surface area contributed by atoms with E-state index in [9.17, 15) is 14.4 Å². The number of ether oxygens (including phenoxy) is 2. The second-order valence-corrected chi connectivity index (χ2v) is 5.36. The monoisotopic (exact) mass is 338 g/mol. The summed E-state index contributed by atoms with van der Waals surface area (Å²) in [4.78, 5) is 12.3. The van der Waals surface area contributed by atoms with E-state index >= 15 is 0 Å². The van der Waals surface area contributed by atoms with Crippen molar-refractivity contribution in [2.75, 3.05) is 18.5 Å². The second kappa shape index (κ2) is 7.49. The first kappa shape index (κ1) is 16.5. The number of carbonyl (C=O) groups excluding carboxylic acids is 1. The van der Waals surface area contributed by atoms with Gasteiger partial charge in [-0.1, -0.05) is 12.1 Å². The Kier molecular flexibility index (Phi) is 4.95. The molecule has 25 heavy (non-hydrogen) atoms. The van der Waals surface area contributed by atoms with Crippen molar-refractivity contribution < 1.29 is 18.7 Å². The molecule has 0 spiro atoms. The first-order chi connectivity index (χ1) is 12.2. The third-order valence-electron chi connectivity index (χ3n) is 3.57. The Balaban J connectivity index is 1.87. The third-order valence-corrected chi connectivity index (χ3v) is 3.57. The molecule has 2 aromatic carbocycles. The van der Waals surface area contributed by atoms with Crippen molar-refractivity contribution in [3.8, 4) is 17.6 Å². The Morgan fingerprint density at radius 3 is 2.68 bits per heavy atom. The number of anilines is 1. The van der Waals surface area contributed by atoms with E-state index in [4.69, 9.17) is 9.47 Å². The first-order valence-corrected chi connectivity index (χ1v) is 7.75. The van der Waals surface area contributed by atoms with Crippen LogP contribution >= 0.6 is 0 Å². The van der Waals surface area contributed by atoms with Gasteiger partial charge >= 0.3 is 0 Å². The van der Waals surface area contributed by atoms with Crippen LogP contribution in [0.5, 0.6) is 11.5 Å². The minimum absolute atomic E-state index is 0.0921. The molecule has 1 aliphatic heterocycles. The number of hydrogen-bond donors (Lipinski definition) is 1. The molecule has 0 saturated carbocycles. The molecule has 0 bridgehead atoms. The van der Waals surface area contributed by atoms with Crippen LogP contribution in [0.3, 0.4) is 0 Å². The maximum absolute atomic E-state index is 12.9. The van der Waals surface area contributed by atoms with Gasteiger partial charge in [-0.25, -0.2) is 4.39 Å². The van der Waals surface area contributed by atoms with Crippen LogP contribution in [0.25, 0.3) is 6.08 Å². The fourth-order valence-electron chi connectivity index (χ4n) is 2.37. The van der Waals surface area contributed by atoms with Crippen molar-refractivity contribution in [2.45, 2.75) is 6.42 Å². The average Bonchev–Trinajstić information content (AvgIpc) is 2.87. The van der Waals surface area contributed by atoms with E-state index in [1.165, 1.54) is 30.3 Å². The molecular formula is C19H15FN2O3. The van der Waals surface area contributed by atoms with Crippen LogP contribution in [0.1, 0.15) is 12.0 Å². The molecule has 5 nitrogen and oxygen atoms in total. The zero-order valence-electron chi connectivity index (χ0n) is 13.3. The summed E-state index contributed by atoms with van der Waals surface area (Å²) in [7, 11) is 0. The summed E-state index contributed by atoms with van der Waals surface area (Å²) < 4.78 is 24.2. The number of rotatable bonds is 3. The van der Waals surface area contributed by atoms with E-state index in [1.54, 1.807) is 18.2 Å². The lowest BCUT2D eigenvalue weighted by molar-refractivity contribution is -0.112. The maximum Gasteiger partial charge on any atom is 0.266 e. The maximum atomic E-state index is 12.9. The molecule has 1 heterocycles. The predicted molar refractivity (Wildman–Crippen MR) is 90.7 cm³/mol. The van der Waals surface area contributed by atoms with Gasteiger partial charge in [0.05, 0.1) is 13.2 Å². The van der Waals surface area contributed by atoms with E-state index in [0.717, 1.165) is 6.42 Å². The largest absolute Gasteiger partial charge is 0.490 e. The van der Waals surface area contributed by atoms with Gasteiger partial charge in [-0.3, -0.25) is 4.79 Å². The molecule has 0 saturated heterocycles. The SMILES string of the molecule is N#C/C(=C/c1cccc2c1OCCCO2)C(=O)Nc1ccc(F)cc1. The number of nitrogens with zero attached hydrogens (tertiary/aromatic N) is 1. The quantitative estimate of drug-likeness (QED) is 0.686. The summed E-state index contributed by atoms with van der Waals surface area (Å²) in [5.74, 6) is 0.115. The van der Waals surface area contributed by atoms with E-state index in [0.29, 0.717) is 36.0 Å². The van der Waals surface area contributed by atoms with Gasteiger partial charge in [0.1, 0.15) is 17.5 Å². The topological polar surface area (TPSA) is 71.3 Å². The molecule has 0 aliphatic carbocycles. The van der Waals surface area contributed by atoms with Gasteiger partial charge in [0.15, 0.2) is 11.5 Å². The van der Waals surface area contributed by atoms with E-state index < -0.39 is 11.7 Å². The second-order valence-electron chi connectivity index (χ2n) is 5.36. The number of hydrogen-bond acceptors (Lipinski definition) is 4. The van der Waals surface area contributed by atoms with Crippen LogP contribution in [-0.2, 0) is 4.79 Å². The van der Waals surface area contributed by atoms with Crippen LogP contribution in [-0.4, -0.2) is 19.1 Å². The molecule has 126 valence electrons. The Morgan fingerprint density at radius 1 is 1.16 bits per heavy atom. The smallest absolute Gasteiger partial charge is 0.266 e. The summed E-state index contributed by atoms with van der Waals surface area (Å²) in [6.07, 6.45) is 2.21. The molecule has 2 aromatic rings. The zero-order chi connectivity index (χ0) is 17.6. The highest BCUT2D eigenvalue weighted by Crippen LogP contribution is 2.34. The number of para-hydroxylation sites is 1. The lowest BCUT2D eigenvalue weighted by Crippen LogP contribution is -2.13. The lowest BCUT2D eigenvalue weighted by Gasteiger charge is -2.10. The van der Waals surface area contributed by atoms with Crippen LogP contribution < -0.4 is 14.8 Å². The van der Waals surface area contributed by atoms with E-state index in [2.05, 4.69) is 5.32 Å². The van der Waals surface area contributed by atoms with Gasteiger partial charge in [0.25, 0.3) is 5.91 Å². The van der Waals surface area contributed by atoms with Crippen LogP contribution in [0.4, 0.5) is 10.1 Å². The third kappa shape index (κ3) is 3.96. The molecule has 1 aliphatic rings. The number of carbonyl (C=O) groups is 1. The Morgan fingerprint density at radius 2 is 1.92 bits per heavy atom. The van der Waals surface area contributed by atoms with E-state index in [1.807, 2.05) is 6.07 Å². The van der Waals surface area contributed by atoms with E-state index in [-0.39, 0.29) is 5.57 Å². The van der Waals surface area contributed by atoms with Crippen LogP contribution in [0, 0.1) is 17.1 Å². The van der Waals surface area contributed by atoms with Crippen molar-refractivity contribution in [2.24, 2.45) is 0 Å². The highest BCUT2D eigenvalue weighted by Gasteiger charge is 2.16.